The van der Waals surface area contributed by atoms with E-state index < -0.39 is 0 Å². The summed E-state index contributed by atoms with van der Waals surface area (Å²) in [6.07, 6.45) is 7.52. The predicted molar refractivity (Wildman–Crippen MR) is 101 cm³/mol. The molecule has 0 saturated carbocycles. The number of rotatable bonds is 7. The highest BCUT2D eigenvalue weighted by Gasteiger charge is 2.07. The molecule has 0 N–H and O–H groups in total. The monoisotopic (exact) mass is 322 g/mol. The lowest BCUT2D eigenvalue weighted by atomic mass is 10.1. The Bertz CT molecular complexity index is 689. The van der Waals surface area contributed by atoms with Gasteiger partial charge < -0.3 is 4.90 Å². The molecule has 0 fully saturated rings. The maximum absolute atomic E-state index is 12.2. The number of pyridine rings is 1. The Hall–Kier alpha value is -2.42. The second-order valence-electron chi connectivity index (χ2n) is 5.95. The van der Waals surface area contributed by atoms with E-state index >= 15 is 0 Å². The Kier molecular flexibility index (Phi) is 6.74. The third kappa shape index (κ3) is 5.05. The van der Waals surface area contributed by atoms with Crippen molar-refractivity contribution in [2.75, 3.05) is 13.1 Å². The maximum atomic E-state index is 12.2. The van der Waals surface area contributed by atoms with E-state index in [-0.39, 0.29) is 5.91 Å². The average molecular weight is 322 g/mol. The van der Waals surface area contributed by atoms with E-state index in [1.165, 1.54) is 5.56 Å². The number of aryl methyl sites for hydroxylation is 1. The lowest BCUT2D eigenvalue weighted by Crippen LogP contribution is -2.30. The lowest BCUT2D eigenvalue weighted by Gasteiger charge is -2.18. The van der Waals surface area contributed by atoms with E-state index in [4.69, 9.17) is 0 Å². The largest absolute Gasteiger partial charge is 0.339 e. The van der Waals surface area contributed by atoms with E-state index in [0.717, 1.165) is 42.8 Å². The molecule has 0 radical (unpaired) electrons. The first kappa shape index (κ1) is 17.9. The molecule has 0 aliphatic carbocycles. The summed E-state index contributed by atoms with van der Waals surface area (Å²) in [6, 6.07) is 12.2. The highest BCUT2D eigenvalue weighted by Crippen LogP contribution is 2.18. The zero-order valence-electron chi connectivity index (χ0n) is 14.8. The van der Waals surface area contributed by atoms with Crippen LogP contribution in [0.1, 0.15) is 37.8 Å². The van der Waals surface area contributed by atoms with Gasteiger partial charge in [0.2, 0.25) is 5.91 Å². The summed E-state index contributed by atoms with van der Waals surface area (Å²) in [6.45, 7) is 7.80. The van der Waals surface area contributed by atoms with Crippen molar-refractivity contribution >= 4 is 12.0 Å². The number of aromatic nitrogens is 1. The van der Waals surface area contributed by atoms with Crippen LogP contribution in [0.15, 0.2) is 48.7 Å². The molecule has 2 rings (SSSR count). The minimum atomic E-state index is 0.0791. The van der Waals surface area contributed by atoms with Crippen molar-refractivity contribution in [3.63, 3.8) is 0 Å². The summed E-state index contributed by atoms with van der Waals surface area (Å²) < 4.78 is 0. The van der Waals surface area contributed by atoms with E-state index in [1.807, 2.05) is 54.4 Å². The molecule has 2 aromatic rings. The third-order valence-corrected chi connectivity index (χ3v) is 4.02. The number of carbonyl (C=O) groups is 1. The summed E-state index contributed by atoms with van der Waals surface area (Å²) >= 11 is 0. The number of carbonyl (C=O) groups excluding carboxylic acids is 1. The van der Waals surface area contributed by atoms with Gasteiger partial charge in [0.25, 0.3) is 0 Å². The first-order valence-electron chi connectivity index (χ1n) is 8.64. The van der Waals surface area contributed by atoms with Crippen molar-refractivity contribution in [2.24, 2.45) is 0 Å². The van der Waals surface area contributed by atoms with Gasteiger partial charge in [-0.3, -0.25) is 9.78 Å². The Morgan fingerprint density at radius 1 is 1.17 bits per heavy atom. The molecule has 0 bridgehead atoms. The summed E-state index contributed by atoms with van der Waals surface area (Å²) in [5.41, 5.74) is 4.27. The molecular formula is C21H26N2O. The van der Waals surface area contributed by atoms with Crippen molar-refractivity contribution in [1.82, 2.24) is 9.88 Å². The average Bonchev–Trinajstić information content (AvgIpc) is 2.61. The highest BCUT2D eigenvalue weighted by atomic mass is 16.2. The van der Waals surface area contributed by atoms with Crippen molar-refractivity contribution < 1.29 is 4.79 Å². The van der Waals surface area contributed by atoms with Gasteiger partial charge in [0.1, 0.15) is 0 Å². The van der Waals surface area contributed by atoms with Gasteiger partial charge in [-0.15, -0.1) is 0 Å². The van der Waals surface area contributed by atoms with E-state index in [9.17, 15) is 4.79 Å². The molecule has 3 nitrogen and oxygen atoms in total. The molecule has 0 saturated heterocycles. The number of amides is 1. The standard InChI is InChI=1S/C21H26N2O/c1-4-6-15-23(5-2)21(24)12-9-18-7-10-19(11-8-18)20-16-17(3)13-14-22-20/h7-14,16H,4-6,15H2,1-3H3/b12-9+. The fourth-order valence-corrected chi connectivity index (χ4v) is 2.51. The van der Waals surface area contributed by atoms with E-state index in [2.05, 4.69) is 24.9 Å². The number of unbranched alkanes of at least 4 members (excludes halogenated alkanes) is 1. The van der Waals surface area contributed by atoms with Crippen LogP contribution < -0.4 is 0 Å². The van der Waals surface area contributed by atoms with Crippen LogP contribution in [-0.2, 0) is 4.79 Å². The van der Waals surface area contributed by atoms with Crippen molar-refractivity contribution in [2.45, 2.75) is 33.6 Å². The molecule has 1 aromatic heterocycles. The van der Waals surface area contributed by atoms with Gasteiger partial charge in [-0.25, -0.2) is 0 Å². The molecule has 1 amide bonds. The Morgan fingerprint density at radius 3 is 2.54 bits per heavy atom. The van der Waals surface area contributed by atoms with Gasteiger partial charge in [-0.05, 0) is 49.6 Å². The molecule has 1 aromatic carbocycles. The van der Waals surface area contributed by atoms with Crippen LogP contribution in [0, 0.1) is 6.92 Å². The minimum absolute atomic E-state index is 0.0791. The normalized spacial score (nSPS) is 11.0. The molecule has 0 aliphatic rings. The lowest BCUT2D eigenvalue weighted by molar-refractivity contribution is -0.125. The van der Waals surface area contributed by atoms with Crippen LogP contribution >= 0.6 is 0 Å². The zero-order chi connectivity index (χ0) is 17.4. The maximum Gasteiger partial charge on any atom is 0.246 e. The van der Waals surface area contributed by atoms with Gasteiger partial charge in [-0.2, -0.15) is 0 Å². The van der Waals surface area contributed by atoms with Crippen LogP contribution in [0.3, 0.4) is 0 Å². The van der Waals surface area contributed by atoms with Gasteiger partial charge in [0, 0.05) is 30.9 Å². The van der Waals surface area contributed by atoms with Crippen LogP contribution in [0.25, 0.3) is 17.3 Å². The van der Waals surface area contributed by atoms with E-state index in [1.54, 1.807) is 6.08 Å². The van der Waals surface area contributed by atoms with Crippen LogP contribution in [0.2, 0.25) is 0 Å². The topological polar surface area (TPSA) is 33.2 Å². The predicted octanol–water partition coefficient (Wildman–Crippen LogP) is 4.72. The van der Waals surface area contributed by atoms with Crippen molar-refractivity contribution in [3.05, 3.63) is 59.8 Å². The molecule has 0 unspecified atom stereocenters. The van der Waals surface area contributed by atoms with Crippen molar-refractivity contribution in [3.8, 4) is 11.3 Å². The quantitative estimate of drug-likeness (QED) is 0.691. The third-order valence-electron chi connectivity index (χ3n) is 4.02. The SMILES string of the molecule is CCCCN(CC)C(=O)/C=C/c1ccc(-c2cc(C)ccn2)cc1. The van der Waals surface area contributed by atoms with Crippen LogP contribution in [-0.4, -0.2) is 28.9 Å². The van der Waals surface area contributed by atoms with Gasteiger partial charge in [-0.1, -0.05) is 37.6 Å². The first-order chi connectivity index (χ1) is 11.6. The number of nitrogens with zero attached hydrogens (tertiary/aromatic N) is 2. The molecular weight excluding hydrogens is 296 g/mol. The second-order valence-corrected chi connectivity index (χ2v) is 5.95. The molecule has 126 valence electrons. The van der Waals surface area contributed by atoms with Gasteiger partial charge in [0.15, 0.2) is 0 Å². The fraction of sp³-hybridized carbons (Fsp3) is 0.333. The second kappa shape index (κ2) is 9.02. The van der Waals surface area contributed by atoms with E-state index in [0.29, 0.717) is 0 Å². The molecule has 24 heavy (non-hydrogen) atoms. The van der Waals surface area contributed by atoms with Gasteiger partial charge >= 0.3 is 0 Å². The molecule has 0 atom stereocenters. The Morgan fingerprint density at radius 2 is 1.92 bits per heavy atom. The van der Waals surface area contributed by atoms with Gasteiger partial charge in [0.05, 0.1) is 5.69 Å². The minimum Gasteiger partial charge on any atom is -0.339 e. The molecule has 1 heterocycles. The summed E-state index contributed by atoms with van der Waals surface area (Å²) in [4.78, 5) is 18.5. The number of likely N-dealkylation sites (N-methyl/N-ethyl adjacent to an activating group) is 1. The Labute approximate surface area is 145 Å². The number of hydrogen-bond acceptors (Lipinski definition) is 2. The van der Waals surface area contributed by atoms with Crippen LogP contribution in [0.5, 0.6) is 0 Å². The molecule has 3 heteroatoms. The molecule has 0 spiro atoms. The zero-order valence-corrected chi connectivity index (χ0v) is 14.8. The number of hydrogen-bond donors (Lipinski definition) is 0. The Balaban J connectivity index is 2.04. The first-order valence-corrected chi connectivity index (χ1v) is 8.64. The van der Waals surface area contributed by atoms with Crippen LogP contribution in [0.4, 0.5) is 0 Å². The highest BCUT2D eigenvalue weighted by molar-refractivity contribution is 5.91. The van der Waals surface area contributed by atoms with Crippen molar-refractivity contribution in [1.29, 1.82) is 0 Å². The summed E-state index contributed by atoms with van der Waals surface area (Å²) in [5.74, 6) is 0.0791. The molecule has 0 aliphatic heterocycles. The number of benzene rings is 1. The summed E-state index contributed by atoms with van der Waals surface area (Å²) in [7, 11) is 0. The smallest absolute Gasteiger partial charge is 0.246 e. The fourth-order valence-electron chi connectivity index (χ4n) is 2.51. The summed E-state index contributed by atoms with van der Waals surface area (Å²) in [5, 5.41) is 0.